The summed E-state index contributed by atoms with van der Waals surface area (Å²) in [4.78, 5) is 127. The molecule has 2 aliphatic heterocycles. The van der Waals surface area contributed by atoms with Crippen LogP contribution in [0.15, 0.2) is 78.9 Å². The summed E-state index contributed by atoms with van der Waals surface area (Å²) in [6.07, 6.45) is -2.96. The lowest BCUT2D eigenvalue weighted by molar-refractivity contribution is -0.174. The van der Waals surface area contributed by atoms with E-state index in [-0.39, 0.29) is 44.1 Å². The predicted octanol–water partition coefficient (Wildman–Crippen LogP) is 8.00. The van der Waals surface area contributed by atoms with Gasteiger partial charge in [-0.2, -0.15) is 0 Å². The summed E-state index contributed by atoms with van der Waals surface area (Å²) in [7, 11) is 5.67. The molecule has 2 aliphatic carbocycles. The van der Waals surface area contributed by atoms with Gasteiger partial charge in [0.1, 0.15) is 47.7 Å². The lowest BCUT2D eigenvalue weighted by Crippen LogP contribution is -2.52. The Bertz CT molecular complexity index is 3120. The molecule has 0 bridgehead atoms. The number of carbonyl (C=O) groups excluding carboxylic acids is 8. The molecule has 3 aromatic rings. The molecular weight excluding hydrogens is 1270 g/mol. The number of carbonyl (C=O) groups is 9. The van der Waals surface area contributed by atoms with Gasteiger partial charge >= 0.3 is 41.9 Å². The molecule has 24 nitrogen and oxygen atoms in total. The molecule has 542 valence electrons. The van der Waals surface area contributed by atoms with Crippen molar-refractivity contribution in [2.45, 2.75) is 199 Å². The maximum Gasteiger partial charge on any atom is 0.410 e. The number of nitrogens with zero attached hydrogens (tertiary/aromatic N) is 5. The van der Waals surface area contributed by atoms with Gasteiger partial charge in [0, 0.05) is 84.4 Å². The number of rotatable bonds is 32. The van der Waals surface area contributed by atoms with Gasteiger partial charge in [0.2, 0.25) is 0 Å². The molecule has 26 heteroatoms. The second kappa shape index (κ2) is 36.2. The summed E-state index contributed by atoms with van der Waals surface area (Å²) in [5, 5.41) is 12.1. The summed E-state index contributed by atoms with van der Waals surface area (Å²) in [6, 6.07) is 19.5. The molecule has 2 N–H and O–H groups in total. The fourth-order valence-electron chi connectivity index (χ4n) is 11.0. The van der Waals surface area contributed by atoms with Crippen LogP contribution in [0.5, 0.6) is 0 Å². The number of hydrogen-bond acceptors (Lipinski definition) is 20. The molecule has 4 fully saturated rings. The minimum atomic E-state index is -1.91. The Balaban J connectivity index is 0.000000309. The van der Waals surface area contributed by atoms with Crippen molar-refractivity contribution < 1.29 is 94.9 Å². The SMILES string of the molecule is CN[C@@H](CC(C)(C)F)C(=O)O[C@H](Cc1ccc(N2CCOCC2)cc1)C(=O)N(C)[C@@H](CC1CC1)C(=O)O[C@H](C)C(=O)OCc1ccccc1.C[C@@H](OC(=O)[C@H](CC1CC1)N(C)C(=O)[C@@H](Cc1ccc(N2CCOCC2)cc1)OC(=O)[C@H](CC(C)(C)F)N(C)C(=O)OC(C)(C)C)C(=O)O. The zero-order valence-corrected chi connectivity index (χ0v) is 59.1. The number of benzene rings is 3. The van der Waals surface area contributed by atoms with Crippen LogP contribution in [0.25, 0.3) is 0 Å². The largest absolute Gasteiger partial charge is 0.479 e. The number of anilines is 2. The highest BCUT2D eigenvalue weighted by Gasteiger charge is 2.44. The molecule has 2 saturated carbocycles. The van der Waals surface area contributed by atoms with Crippen molar-refractivity contribution in [3.8, 4) is 0 Å². The van der Waals surface area contributed by atoms with E-state index in [1.54, 1.807) is 32.9 Å². The van der Waals surface area contributed by atoms with Gasteiger partial charge in [0.05, 0.1) is 26.4 Å². The second-order valence-corrected chi connectivity index (χ2v) is 28.0. The van der Waals surface area contributed by atoms with Gasteiger partial charge in [0.15, 0.2) is 24.4 Å². The molecule has 98 heavy (non-hydrogen) atoms. The molecule has 0 unspecified atom stereocenters. The normalized spacial score (nSPS) is 17.5. The fraction of sp³-hybridized carbons (Fsp3) is 0.625. The predicted molar refractivity (Wildman–Crippen MR) is 359 cm³/mol. The van der Waals surface area contributed by atoms with Crippen molar-refractivity contribution in [3.05, 3.63) is 95.6 Å². The lowest BCUT2D eigenvalue weighted by atomic mass is 9.99. The van der Waals surface area contributed by atoms with Crippen molar-refractivity contribution in [2.75, 3.05) is 90.6 Å². The Morgan fingerprint density at radius 3 is 1.34 bits per heavy atom. The van der Waals surface area contributed by atoms with Gasteiger partial charge < -0.3 is 67.9 Å². The van der Waals surface area contributed by atoms with E-state index in [4.69, 9.17) is 37.9 Å². The average molecular weight is 1380 g/mol. The summed E-state index contributed by atoms with van der Waals surface area (Å²) < 4.78 is 73.6. The van der Waals surface area contributed by atoms with E-state index < -0.39 is 126 Å². The first-order chi connectivity index (χ1) is 46.1. The molecule has 0 radical (unpaired) electrons. The topological polar surface area (TPSA) is 276 Å². The van der Waals surface area contributed by atoms with Gasteiger partial charge in [-0.25, -0.2) is 37.5 Å². The van der Waals surface area contributed by atoms with Crippen molar-refractivity contribution in [3.63, 3.8) is 0 Å². The van der Waals surface area contributed by atoms with E-state index in [0.29, 0.717) is 38.4 Å². The molecule has 7 rings (SSSR count). The molecule has 0 aromatic heterocycles. The third-order valence-corrected chi connectivity index (χ3v) is 17.1. The van der Waals surface area contributed by atoms with E-state index in [0.717, 1.165) is 84.2 Å². The molecule has 0 spiro atoms. The Kier molecular flexibility index (Phi) is 29.2. The van der Waals surface area contributed by atoms with Crippen LogP contribution in [0.4, 0.5) is 25.0 Å². The van der Waals surface area contributed by atoms with Crippen molar-refractivity contribution in [1.82, 2.24) is 20.0 Å². The van der Waals surface area contributed by atoms with Crippen LogP contribution in [-0.4, -0.2) is 220 Å². The van der Waals surface area contributed by atoms with E-state index in [2.05, 4.69) is 15.1 Å². The number of esters is 5. The van der Waals surface area contributed by atoms with Crippen LogP contribution in [-0.2, 0) is 95.7 Å². The van der Waals surface area contributed by atoms with Crippen LogP contribution >= 0.6 is 0 Å². The van der Waals surface area contributed by atoms with Gasteiger partial charge in [0.25, 0.3) is 11.8 Å². The van der Waals surface area contributed by atoms with Crippen LogP contribution < -0.4 is 15.1 Å². The number of aliphatic carboxylic acids is 1. The van der Waals surface area contributed by atoms with Gasteiger partial charge in [-0.3, -0.25) is 19.3 Å². The first-order valence-corrected chi connectivity index (χ1v) is 33.7. The first-order valence-electron chi connectivity index (χ1n) is 33.7. The van der Waals surface area contributed by atoms with Gasteiger partial charge in [-0.1, -0.05) is 80.3 Å². The smallest absolute Gasteiger partial charge is 0.410 e. The maximum absolute atomic E-state index is 15.0. The Hall–Kier alpha value is -7.97. The lowest BCUT2D eigenvalue weighted by Gasteiger charge is -2.34. The Morgan fingerprint density at radius 2 is 0.949 bits per heavy atom. The van der Waals surface area contributed by atoms with Crippen molar-refractivity contribution >= 4 is 65.1 Å². The minimum Gasteiger partial charge on any atom is -0.479 e. The summed E-state index contributed by atoms with van der Waals surface area (Å²) in [6.45, 7) is 18.3. The number of carboxylic acids is 1. The number of halogens is 2. The Morgan fingerprint density at radius 1 is 0.541 bits per heavy atom. The summed E-state index contributed by atoms with van der Waals surface area (Å²) >= 11 is 0. The number of likely N-dealkylation sites (N-methyl/N-ethyl adjacent to an activating group) is 4. The number of ether oxygens (including phenoxy) is 8. The van der Waals surface area contributed by atoms with Crippen LogP contribution in [0, 0.1) is 11.8 Å². The molecule has 8 atom stereocenters. The van der Waals surface area contributed by atoms with E-state index in [1.165, 1.54) is 74.6 Å². The number of alkyl halides is 2. The molecular formula is C72H102F2N6O18. The molecule has 2 saturated heterocycles. The van der Waals surface area contributed by atoms with Crippen molar-refractivity contribution in [1.29, 1.82) is 0 Å². The highest BCUT2D eigenvalue weighted by Crippen LogP contribution is 2.37. The molecule has 3 aromatic carbocycles. The average Bonchev–Trinajstić information content (AvgIpc) is 1.75. The number of morpholine rings is 2. The van der Waals surface area contributed by atoms with Gasteiger partial charge in [-0.15, -0.1) is 0 Å². The molecule has 4 aliphatic rings. The second-order valence-electron chi connectivity index (χ2n) is 28.0. The number of carboxylic acid groups (broad SMARTS) is 1. The highest BCUT2D eigenvalue weighted by molar-refractivity contribution is 5.92. The Labute approximate surface area is 574 Å². The highest BCUT2D eigenvalue weighted by atomic mass is 19.1. The summed E-state index contributed by atoms with van der Waals surface area (Å²) in [5.41, 5.74) is -0.357. The quantitative estimate of drug-likeness (QED) is 0.0442. The third-order valence-electron chi connectivity index (χ3n) is 17.1. The summed E-state index contributed by atoms with van der Waals surface area (Å²) in [5.74, 6) is -6.50. The zero-order valence-electron chi connectivity index (χ0n) is 59.1. The third kappa shape index (κ3) is 26.0. The monoisotopic (exact) mass is 1380 g/mol. The number of amides is 3. The van der Waals surface area contributed by atoms with Crippen LogP contribution in [0.2, 0.25) is 0 Å². The van der Waals surface area contributed by atoms with E-state index >= 15 is 4.39 Å². The zero-order chi connectivity index (χ0) is 72.2. The van der Waals surface area contributed by atoms with Crippen molar-refractivity contribution in [2.24, 2.45) is 11.8 Å². The number of hydrogen-bond donors (Lipinski definition) is 2. The number of nitrogens with one attached hydrogen (secondary N) is 1. The minimum absolute atomic E-state index is 0.0269. The van der Waals surface area contributed by atoms with E-state index in [9.17, 15) is 52.6 Å². The fourth-order valence-corrected chi connectivity index (χ4v) is 11.0. The van der Waals surface area contributed by atoms with E-state index in [1.807, 2.05) is 66.7 Å². The maximum atomic E-state index is 15.0. The first kappa shape index (κ1) is 79.0. The van der Waals surface area contributed by atoms with Gasteiger partial charge in [-0.05, 0) is 135 Å². The molecule has 2 heterocycles. The van der Waals surface area contributed by atoms with Crippen LogP contribution in [0.1, 0.15) is 130 Å². The van der Waals surface area contributed by atoms with Crippen LogP contribution in [0.3, 0.4) is 0 Å². The molecule has 3 amide bonds. The standard InChI is InChI=1S/C37H50FN3O8.C35H52FN3O10/c1-25(34(43)47-24-28-9-7-6-8-10-28)48-36(45)31(21-26-11-12-26)40(5)33(42)32(49-35(44)30(39-4)23-37(2,3)38)22-27-13-15-29(16-14-27)41-17-19-46-20-18-41;1-22(30(41)42)47-31(43)26(19-23-9-10-23)37(7)29(40)28(20-24-11-13-25(14-12-24)39-15-17-46-18-16-39)48-32(44)27(21-35(5,6)36)38(8)33(45)49-34(2,3)4/h6-10,13-16,25-26,30-32,39H,11-12,17-24H2,1-5H3;11-14,22-23,26-28H,9-10,15-21H2,1-8H3,(H,41,42)/t25-,30+,31+,32-;22-,26+,27+,28-/m11/s1.